The highest BCUT2D eigenvalue weighted by molar-refractivity contribution is 6.33. The molecule has 0 aromatic heterocycles. The van der Waals surface area contributed by atoms with Crippen molar-refractivity contribution >= 4 is 23.4 Å². The van der Waals surface area contributed by atoms with Crippen LogP contribution >= 0.6 is 11.6 Å². The molecule has 27 heavy (non-hydrogen) atoms. The lowest BCUT2D eigenvalue weighted by atomic mass is 10.1. The average molecular weight is 387 g/mol. The predicted molar refractivity (Wildman–Crippen MR) is 106 cm³/mol. The summed E-state index contributed by atoms with van der Waals surface area (Å²) in [6.45, 7) is 6.33. The van der Waals surface area contributed by atoms with Crippen molar-refractivity contribution in [3.8, 4) is 0 Å². The van der Waals surface area contributed by atoms with E-state index >= 15 is 0 Å². The molecular weight excluding hydrogens is 362 g/mol. The van der Waals surface area contributed by atoms with Crippen LogP contribution < -0.4 is 10.2 Å². The number of carbonyl (C=O) groups excluding carboxylic acids is 2. The van der Waals surface area contributed by atoms with Crippen LogP contribution in [0.15, 0.2) is 48.5 Å². The Morgan fingerprint density at radius 2 is 1.85 bits per heavy atom. The van der Waals surface area contributed by atoms with Crippen LogP contribution in [0.25, 0.3) is 0 Å². The summed E-state index contributed by atoms with van der Waals surface area (Å²) in [7, 11) is 0. The molecule has 2 aromatic carbocycles. The highest BCUT2D eigenvalue weighted by atomic mass is 35.5. The van der Waals surface area contributed by atoms with Gasteiger partial charge < -0.3 is 15.1 Å². The standard InChI is InChI=1S/C21H24ClN3O2/c1-16-5-4-6-17(13-16)15-24-9-11-25(12-10-24)20(26)14-23-21(27)18-7-2-3-8-19(18)22/h2-8,13H,9-12,14-15H2,1H3,(H,23,27)/p+1. The first-order valence-corrected chi connectivity index (χ1v) is 9.60. The Morgan fingerprint density at radius 3 is 2.56 bits per heavy atom. The van der Waals surface area contributed by atoms with Crippen LogP contribution in [0.4, 0.5) is 0 Å². The molecule has 1 heterocycles. The van der Waals surface area contributed by atoms with E-state index in [2.05, 4.69) is 36.5 Å². The quantitative estimate of drug-likeness (QED) is 0.814. The molecule has 0 spiro atoms. The number of piperazine rings is 1. The molecule has 1 fully saturated rings. The lowest BCUT2D eigenvalue weighted by Gasteiger charge is -2.32. The maximum atomic E-state index is 12.4. The lowest BCUT2D eigenvalue weighted by Crippen LogP contribution is -3.13. The molecule has 5 nitrogen and oxygen atoms in total. The molecule has 2 N–H and O–H groups in total. The van der Waals surface area contributed by atoms with Gasteiger partial charge in [0, 0.05) is 5.56 Å². The number of quaternary nitrogens is 1. The van der Waals surface area contributed by atoms with E-state index in [0.29, 0.717) is 23.7 Å². The minimum absolute atomic E-state index is 0.00271. The van der Waals surface area contributed by atoms with E-state index in [-0.39, 0.29) is 18.4 Å². The zero-order valence-corrected chi connectivity index (χ0v) is 16.3. The maximum absolute atomic E-state index is 12.4. The van der Waals surface area contributed by atoms with Crippen LogP contribution in [-0.4, -0.2) is 49.4 Å². The van der Waals surface area contributed by atoms with Gasteiger partial charge in [0.25, 0.3) is 5.91 Å². The highest BCUT2D eigenvalue weighted by Gasteiger charge is 2.24. The smallest absolute Gasteiger partial charge is 0.253 e. The van der Waals surface area contributed by atoms with Crippen molar-refractivity contribution in [2.24, 2.45) is 0 Å². The molecule has 2 amide bonds. The second-order valence-electron chi connectivity index (χ2n) is 6.96. The van der Waals surface area contributed by atoms with Gasteiger partial charge in [0.2, 0.25) is 5.91 Å². The Labute approximate surface area is 164 Å². The van der Waals surface area contributed by atoms with E-state index in [1.807, 2.05) is 4.90 Å². The fourth-order valence-electron chi connectivity index (χ4n) is 3.37. The third kappa shape index (κ3) is 5.31. The summed E-state index contributed by atoms with van der Waals surface area (Å²) in [4.78, 5) is 27.9. The number of aryl methyl sites for hydroxylation is 1. The van der Waals surface area contributed by atoms with E-state index in [1.54, 1.807) is 24.3 Å². The Balaban J connectivity index is 1.44. The summed E-state index contributed by atoms with van der Waals surface area (Å²) in [5.41, 5.74) is 2.99. The number of amides is 2. The van der Waals surface area contributed by atoms with Gasteiger partial charge in [-0.1, -0.05) is 53.6 Å². The van der Waals surface area contributed by atoms with Crippen LogP contribution in [-0.2, 0) is 11.3 Å². The van der Waals surface area contributed by atoms with Crippen molar-refractivity contribution in [2.75, 3.05) is 32.7 Å². The van der Waals surface area contributed by atoms with Gasteiger partial charge in [0.15, 0.2) is 0 Å². The number of carbonyl (C=O) groups is 2. The Hall–Kier alpha value is -2.37. The molecule has 3 rings (SSSR count). The Bertz CT molecular complexity index is 817. The zero-order valence-electron chi connectivity index (χ0n) is 15.5. The maximum Gasteiger partial charge on any atom is 0.253 e. The number of nitrogens with zero attached hydrogens (tertiary/aromatic N) is 1. The average Bonchev–Trinajstić information content (AvgIpc) is 2.67. The topological polar surface area (TPSA) is 53.9 Å². The van der Waals surface area contributed by atoms with Gasteiger partial charge in [-0.3, -0.25) is 9.59 Å². The third-order valence-electron chi connectivity index (χ3n) is 4.88. The summed E-state index contributed by atoms with van der Waals surface area (Å²) < 4.78 is 0. The fourth-order valence-corrected chi connectivity index (χ4v) is 3.59. The highest BCUT2D eigenvalue weighted by Crippen LogP contribution is 2.14. The summed E-state index contributed by atoms with van der Waals surface area (Å²) in [5.74, 6) is -0.373. The number of hydrogen-bond acceptors (Lipinski definition) is 2. The zero-order chi connectivity index (χ0) is 19.2. The van der Waals surface area contributed by atoms with Gasteiger partial charge in [0.1, 0.15) is 6.54 Å². The molecule has 2 aromatic rings. The summed E-state index contributed by atoms with van der Waals surface area (Å²) in [6.07, 6.45) is 0. The van der Waals surface area contributed by atoms with E-state index < -0.39 is 0 Å². The minimum atomic E-state index is -0.322. The van der Waals surface area contributed by atoms with Gasteiger partial charge in [-0.2, -0.15) is 0 Å². The van der Waals surface area contributed by atoms with Gasteiger partial charge in [-0.05, 0) is 19.1 Å². The van der Waals surface area contributed by atoms with Crippen molar-refractivity contribution in [3.63, 3.8) is 0 Å². The van der Waals surface area contributed by atoms with Gasteiger partial charge in [0.05, 0.1) is 43.3 Å². The molecule has 0 atom stereocenters. The minimum Gasteiger partial charge on any atom is -0.343 e. The van der Waals surface area contributed by atoms with E-state index in [4.69, 9.17) is 11.6 Å². The van der Waals surface area contributed by atoms with Crippen LogP contribution in [0.1, 0.15) is 21.5 Å². The van der Waals surface area contributed by atoms with Gasteiger partial charge in [-0.15, -0.1) is 0 Å². The summed E-state index contributed by atoms with van der Waals surface area (Å²) in [5, 5.41) is 3.06. The largest absolute Gasteiger partial charge is 0.343 e. The number of rotatable bonds is 5. The van der Waals surface area contributed by atoms with Crippen molar-refractivity contribution in [2.45, 2.75) is 13.5 Å². The van der Waals surface area contributed by atoms with Crippen LogP contribution in [0.2, 0.25) is 5.02 Å². The molecule has 0 saturated carbocycles. The Morgan fingerprint density at radius 1 is 1.11 bits per heavy atom. The molecule has 0 bridgehead atoms. The predicted octanol–water partition coefficient (Wildman–Crippen LogP) is 1.31. The van der Waals surface area contributed by atoms with Crippen molar-refractivity contribution in [1.82, 2.24) is 10.2 Å². The van der Waals surface area contributed by atoms with E-state index in [1.165, 1.54) is 16.0 Å². The second kappa shape index (κ2) is 9.02. The van der Waals surface area contributed by atoms with Crippen molar-refractivity contribution in [3.05, 3.63) is 70.2 Å². The number of halogens is 1. The van der Waals surface area contributed by atoms with Crippen molar-refractivity contribution < 1.29 is 14.5 Å². The SMILES string of the molecule is Cc1cccc(C[NH+]2CCN(C(=O)CNC(=O)c3ccccc3Cl)CC2)c1. The first-order chi connectivity index (χ1) is 13.0. The van der Waals surface area contributed by atoms with E-state index in [0.717, 1.165) is 19.6 Å². The first-order valence-electron chi connectivity index (χ1n) is 9.22. The lowest BCUT2D eigenvalue weighted by molar-refractivity contribution is -0.917. The number of benzene rings is 2. The monoisotopic (exact) mass is 386 g/mol. The molecule has 1 aliphatic heterocycles. The van der Waals surface area contributed by atoms with Gasteiger partial charge >= 0.3 is 0 Å². The Kier molecular flexibility index (Phi) is 6.48. The molecule has 1 aliphatic rings. The molecule has 142 valence electrons. The molecule has 0 radical (unpaired) electrons. The molecule has 6 heteroatoms. The van der Waals surface area contributed by atoms with Crippen molar-refractivity contribution in [1.29, 1.82) is 0 Å². The molecule has 0 aliphatic carbocycles. The summed E-state index contributed by atoms with van der Waals surface area (Å²) in [6, 6.07) is 15.4. The number of nitrogens with one attached hydrogen (secondary N) is 2. The molecule has 0 unspecified atom stereocenters. The molecule has 1 saturated heterocycles. The third-order valence-corrected chi connectivity index (χ3v) is 5.21. The summed E-state index contributed by atoms with van der Waals surface area (Å²) >= 11 is 6.02. The second-order valence-corrected chi connectivity index (χ2v) is 7.37. The van der Waals surface area contributed by atoms with Crippen LogP contribution in [0.3, 0.4) is 0 Å². The number of hydrogen-bond donors (Lipinski definition) is 2. The normalized spacial score (nSPS) is 14.8. The van der Waals surface area contributed by atoms with Gasteiger partial charge in [-0.25, -0.2) is 0 Å². The fraction of sp³-hybridized carbons (Fsp3) is 0.333. The molecular formula is C21H25ClN3O2+. The van der Waals surface area contributed by atoms with E-state index in [9.17, 15) is 9.59 Å². The first kappa shape index (κ1) is 19.4. The van der Waals surface area contributed by atoms with Crippen LogP contribution in [0.5, 0.6) is 0 Å². The van der Waals surface area contributed by atoms with Crippen LogP contribution in [0, 0.1) is 6.92 Å².